The van der Waals surface area contributed by atoms with Crippen LogP contribution < -0.4 is 17.0 Å². The Hall–Kier alpha value is -1.03. The average Bonchev–Trinajstić information content (AvgIpc) is 2.90. The zero-order valence-electron chi connectivity index (χ0n) is 14.1. The summed E-state index contributed by atoms with van der Waals surface area (Å²) in [4.78, 5) is 50.8. The maximum atomic E-state index is 11.9. The van der Waals surface area contributed by atoms with Crippen molar-refractivity contribution >= 4 is 29.3 Å². The summed E-state index contributed by atoms with van der Waals surface area (Å²) >= 11 is 0. The number of aromatic nitrogens is 2. The Kier molecular flexibility index (Phi) is 7.52. The molecule has 5 atom stereocenters. The highest BCUT2D eigenvalue weighted by atomic mass is 31.3. The number of nitrogen functional groups attached to an aromatic ring is 1. The second-order valence-electron chi connectivity index (χ2n) is 5.47. The topological polar surface area (TPSA) is 262 Å². The molecule has 0 aliphatic carbocycles. The molecule has 20 heteroatoms. The van der Waals surface area contributed by atoms with Crippen LogP contribution in [0.2, 0.25) is 0 Å². The molecule has 0 saturated carbocycles. The molecule has 2 heterocycles. The highest BCUT2D eigenvalue weighted by molar-refractivity contribution is 7.66. The number of nitrogens with zero attached hydrogens (tertiary/aromatic N) is 2. The number of hydrogen-bond donors (Lipinski definition) is 7. The molecule has 1 aromatic heterocycles. The minimum Gasteiger partial charge on any atom is -0.390 e. The van der Waals surface area contributed by atoms with E-state index in [1.54, 1.807) is 0 Å². The van der Waals surface area contributed by atoms with Gasteiger partial charge in [0, 0.05) is 12.6 Å². The largest absolute Gasteiger partial charge is 0.490 e. The first-order chi connectivity index (χ1) is 13.2. The van der Waals surface area contributed by atoms with Crippen molar-refractivity contribution in [1.29, 1.82) is 0 Å². The predicted molar refractivity (Wildman–Crippen MR) is 90.7 cm³/mol. The first-order valence-electron chi connectivity index (χ1n) is 7.39. The zero-order valence-corrected chi connectivity index (χ0v) is 16.8. The van der Waals surface area contributed by atoms with Crippen molar-refractivity contribution < 1.29 is 56.3 Å². The number of hydrazine groups is 1. The summed E-state index contributed by atoms with van der Waals surface area (Å²) in [5.74, 6) is 5.20. The van der Waals surface area contributed by atoms with Crippen molar-refractivity contribution in [3.8, 4) is 0 Å². The molecule has 8 N–H and O–H groups in total. The lowest BCUT2D eigenvalue weighted by atomic mass is 10.2. The van der Waals surface area contributed by atoms with Crippen molar-refractivity contribution in [3.05, 3.63) is 22.7 Å². The molecule has 17 nitrogen and oxygen atoms in total. The van der Waals surface area contributed by atoms with Gasteiger partial charge in [-0.15, -0.1) is 0 Å². The van der Waals surface area contributed by atoms with Gasteiger partial charge in [0.25, 0.3) is 0 Å². The molecule has 1 saturated heterocycles. The van der Waals surface area contributed by atoms with Crippen LogP contribution in [-0.4, -0.2) is 53.0 Å². The Morgan fingerprint density at radius 1 is 1.24 bits per heavy atom. The summed E-state index contributed by atoms with van der Waals surface area (Å²) in [6, 6.07) is 1.34. The van der Waals surface area contributed by atoms with Crippen LogP contribution in [0.3, 0.4) is 0 Å². The number of rotatable bonds is 9. The minimum absolute atomic E-state index is 0.0778. The Morgan fingerprint density at radius 3 is 2.45 bits per heavy atom. The third-order valence-electron chi connectivity index (χ3n) is 3.31. The summed E-state index contributed by atoms with van der Waals surface area (Å²) in [7, 11) is -16.5. The average molecular weight is 482 g/mol. The van der Waals surface area contributed by atoms with E-state index in [0.717, 1.165) is 4.57 Å². The van der Waals surface area contributed by atoms with Crippen LogP contribution in [0.1, 0.15) is 12.6 Å². The number of phosphoric acid groups is 3. The number of nitrogens with one attached hydrogen (secondary N) is 1. The molecular formula is C9H17N4O13P3. The molecule has 0 spiro atoms. The van der Waals surface area contributed by atoms with Crippen molar-refractivity contribution in [2.24, 2.45) is 5.84 Å². The van der Waals surface area contributed by atoms with Crippen LogP contribution >= 0.6 is 23.5 Å². The predicted octanol–water partition coefficient (Wildman–Crippen LogP) is -1.48. The third-order valence-corrected chi connectivity index (χ3v) is 7.11. The summed E-state index contributed by atoms with van der Waals surface area (Å²) in [5.41, 5.74) is 1.39. The maximum absolute atomic E-state index is 11.9. The molecule has 5 unspecified atom stereocenters. The van der Waals surface area contributed by atoms with E-state index < -0.39 is 54.2 Å². The normalized spacial score (nSPS) is 26.6. The SMILES string of the molecule is NNc1ccn(C2CC(O)C(COP(=O)(O)OP(=O)(O)OP(=O)(O)O)O2)c(=O)n1. The second kappa shape index (κ2) is 8.99. The molecule has 29 heavy (non-hydrogen) atoms. The molecule has 0 bridgehead atoms. The molecule has 0 radical (unpaired) electrons. The number of ether oxygens (including phenoxy) is 1. The van der Waals surface area contributed by atoms with Crippen molar-refractivity contribution in [1.82, 2.24) is 9.55 Å². The van der Waals surface area contributed by atoms with Gasteiger partial charge in [-0.1, -0.05) is 0 Å². The van der Waals surface area contributed by atoms with Gasteiger partial charge in [-0.3, -0.25) is 9.09 Å². The first kappa shape index (κ1) is 24.2. The van der Waals surface area contributed by atoms with Crippen molar-refractivity contribution in [2.45, 2.75) is 24.9 Å². The second-order valence-corrected chi connectivity index (χ2v) is 9.89. The number of anilines is 1. The van der Waals surface area contributed by atoms with Crippen LogP contribution in [-0.2, 0) is 31.6 Å². The summed E-state index contributed by atoms with van der Waals surface area (Å²) in [6.45, 7) is -0.855. The van der Waals surface area contributed by atoms with Gasteiger partial charge in [0.15, 0.2) is 0 Å². The lowest BCUT2D eigenvalue weighted by Gasteiger charge is -2.19. The number of hydrogen-bond acceptors (Lipinski definition) is 12. The van der Waals surface area contributed by atoms with Gasteiger partial charge in [-0.2, -0.15) is 13.6 Å². The Balaban J connectivity index is 1.99. The standard InChI is InChI=1S/C9H17N4O13P3/c10-12-7-1-2-13(9(15)11-7)8-3-5(14)6(24-8)4-23-28(19,20)26-29(21,22)25-27(16,17)18/h1-2,5-6,8,14H,3-4,10H2,(H,19,20)(H,21,22)(H,11,12,15)(H2,16,17,18). The van der Waals surface area contributed by atoms with E-state index >= 15 is 0 Å². The van der Waals surface area contributed by atoms with Crippen LogP contribution in [0.4, 0.5) is 5.82 Å². The van der Waals surface area contributed by atoms with Gasteiger partial charge in [0.2, 0.25) is 0 Å². The molecule has 1 fully saturated rings. The summed E-state index contributed by atoms with van der Waals surface area (Å²) in [5, 5.41) is 9.98. The Bertz CT molecular complexity index is 932. The first-order valence-corrected chi connectivity index (χ1v) is 11.9. The van der Waals surface area contributed by atoms with Gasteiger partial charge in [-0.25, -0.2) is 24.3 Å². The Labute approximate surface area is 161 Å². The van der Waals surface area contributed by atoms with Gasteiger partial charge < -0.3 is 34.8 Å². The number of nitrogens with two attached hydrogens (primary N) is 1. The van der Waals surface area contributed by atoms with Crippen LogP contribution in [0, 0.1) is 0 Å². The molecule has 1 aromatic rings. The molecule has 166 valence electrons. The monoisotopic (exact) mass is 482 g/mol. The van der Waals surface area contributed by atoms with E-state index in [1.807, 2.05) is 0 Å². The molecule has 1 aliphatic heterocycles. The van der Waals surface area contributed by atoms with E-state index in [0.29, 0.717) is 0 Å². The minimum atomic E-state index is -5.66. The summed E-state index contributed by atoms with van der Waals surface area (Å²) in [6.07, 6.45) is -2.45. The van der Waals surface area contributed by atoms with E-state index in [9.17, 15) is 28.5 Å². The molecule has 0 amide bonds. The van der Waals surface area contributed by atoms with E-state index in [2.05, 4.69) is 23.6 Å². The highest BCUT2D eigenvalue weighted by Crippen LogP contribution is 2.66. The fourth-order valence-electron chi connectivity index (χ4n) is 2.22. The van der Waals surface area contributed by atoms with Gasteiger partial charge in [0.1, 0.15) is 18.1 Å². The maximum Gasteiger partial charge on any atom is 0.490 e. The Morgan fingerprint density at radius 2 is 1.90 bits per heavy atom. The van der Waals surface area contributed by atoms with Crippen LogP contribution in [0.5, 0.6) is 0 Å². The fraction of sp³-hybridized carbons (Fsp3) is 0.556. The van der Waals surface area contributed by atoms with Gasteiger partial charge >= 0.3 is 29.2 Å². The number of aliphatic hydroxyl groups is 1. The summed E-state index contributed by atoms with van der Waals surface area (Å²) < 4.78 is 51.3. The molecule has 1 aliphatic rings. The van der Waals surface area contributed by atoms with Crippen LogP contribution in [0.15, 0.2) is 17.1 Å². The molecular weight excluding hydrogens is 465 g/mol. The third kappa shape index (κ3) is 7.31. The van der Waals surface area contributed by atoms with Crippen LogP contribution in [0.25, 0.3) is 0 Å². The van der Waals surface area contributed by atoms with Crippen molar-refractivity contribution in [2.75, 3.05) is 12.0 Å². The molecule has 0 aromatic carbocycles. The lowest BCUT2D eigenvalue weighted by Crippen LogP contribution is -2.29. The number of aliphatic hydroxyl groups excluding tert-OH is 1. The van der Waals surface area contributed by atoms with E-state index in [4.69, 9.17) is 25.3 Å². The fourth-order valence-corrected chi connectivity index (χ4v) is 5.25. The molecule has 2 rings (SSSR count). The van der Waals surface area contributed by atoms with E-state index in [-0.39, 0.29) is 12.2 Å². The lowest BCUT2D eigenvalue weighted by molar-refractivity contribution is -0.0449. The van der Waals surface area contributed by atoms with Gasteiger partial charge in [-0.05, 0) is 6.07 Å². The zero-order chi connectivity index (χ0) is 22.0. The van der Waals surface area contributed by atoms with Crippen molar-refractivity contribution in [3.63, 3.8) is 0 Å². The quantitative estimate of drug-likeness (QED) is 0.120. The van der Waals surface area contributed by atoms with Gasteiger partial charge in [0.05, 0.1) is 12.7 Å². The van der Waals surface area contributed by atoms with E-state index in [1.165, 1.54) is 12.3 Å². The highest BCUT2D eigenvalue weighted by Gasteiger charge is 2.42. The smallest absolute Gasteiger partial charge is 0.390 e. The number of phosphoric ester groups is 1.